The molecule has 2 aliphatic rings. The summed E-state index contributed by atoms with van der Waals surface area (Å²) in [5.41, 5.74) is 0. The lowest BCUT2D eigenvalue weighted by atomic mass is 9.95. The lowest BCUT2D eigenvalue weighted by molar-refractivity contribution is 0.386. The van der Waals surface area contributed by atoms with E-state index >= 15 is 0 Å². The van der Waals surface area contributed by atoms with Gasteiger partial charge in [-0.25, -0.2) is 0 Å². The highest BCUT2D eigenvalue weighted by Crippen LogP contribution is 2.44. The number of aryl methyl sites for hydroxylation is 1. The van der Waals surface area contributed by atoms with Crippen molar-refractivity contribution in [1.82, 2.24) is 25.4 Å². The van der Waals surface area contributed by atoms with Crippen molar-refractivity contribution in [2.75, 3.05) is 13.1 Å². The van der Waals surface area contributed by atoms with Gasteiger partial charge in [0.15, 0.2) is 5.96 Å². The summed E-state index contributed by atoms with van der Waals surface area (Å²) in [6.07, 6.45) is 9.43. The van der Waals surface area contributed by atoms with Crippen LogP contribution in [0, 0.1) is 17.8 Å². The van der Waals surface area contributed by atoms with Crippen LogP contribution in [0.3, 0.4) is 0 Å². The van der Waals surface area contributed by atoms with Gasteiger partial charge in [0.25, 0.3) is 0 Å². The van der Waals surface area contributed by atoms with Crippen LogP contribution >= 0.6 is 0 Å². The highest BCUT2D eigenvalue weighted by Gasteiger charge is 2.39. The van der Waals surface area contributed by atoms with E-state index in [1.165, 1.54) is 25.7 Å². The first-order valence-corrected chi connectivity index (χ1v) is 10.1. The molecule has 2 N–H and O–H groups in total. The van der Waals surface area contributed by atoms with Gasteiger partial charge in [-0.15, -0.1) is 10.2 Å². The zero-order valence-corrected chi connectivity index (χ0v) is 16.0. The molecule has 0 spiro atoms. The van der Waals surface area contributed by atoms with Gasteiger partial charge in [0.2, 0.25) is 0 Å². The molecule has 6 nitrogen and oxygen atoms in total. The van der Waals surface area contributed by atoms with Gasteiger partial charge in [0, 0.05) is 32.1 Å². The average Bonchev–Trinajstić information content (AvgIpc) is 3.30. The Hall–Kier alpha value is -1.59. The minimum Gasteiger partial charge on any atom is -0.355 e. The van der Waals surface area contributed by atoms with Gasteiger partial charge in [-0.1, -0.05) is 27.2 Å². The second kappa shape index (κ2) is 8.68. The van der Waals surface area contributed by atoms with Crippen molar-refractivity contribution in [2.24, 2.45) is 22.7 Å². The minimum atomic E-state index is 0.616. The molecule has 25 heavy (non-hydrogen) atoms. The van der Waals surface area contributed by atoms with Crippen LogP contribution in [0.15, 0.2) is 11.3 Å². The molecule has 2 fully saturated rings. The van der Waals surface area contributed by atoms with Crippen LogP contribution in [0.2, 0.25) is 0 Å². The van der Waals surface area contributed by atoms with E-state index in [-0.39, 0.29) is 0 Å². The molecular weight excluding hydrogens is 312 g/mol. The molecule has 2 saturated carbocycles. The minimum absolute atomic E-state index is 0.616. The van der Waals surface area contributed by atoms with Crippen LogP contribution in [-0.2, 0) is 13.0 Å². The van der Waals surface area contributed by atoms with Crippen molar-refractivity contribution in [3.05, 3.63) is 12.2 Å². The normalized spacial score (nSPS) is 25.8. The smallest absolute Gasteiger partial charge is 0.191 e. The molecule has 1 heterocycles. The Balaban J connectivity index is 1.52. The SMILES string of the molecule is CCc1nncn1CCNC(=NCCC(C)C)NC1CC2CCC1C2. The zero-order chi connectivity index (χ0) is 17.6. The van der Waals surface area contributed by atoms with Crippen LogP contribution in [0.1, 0.15) is 58.7 Å². The summed E-state index contributed by atoms with van der Waals surface area (Å²) in [5.74, 6) is 4.53. The van der Waals surface area contributed by atoms with E-state index < -0.39 is 0 Å². The standard InChI is InChI=1S/C19H34N6/c1-4-18-24-22-13-25(18)10-9-21-19(20-8-7-14(2)3)23-17-12-15-5-6-16(17)11-15/h13-17H,4-12H2,1-3H3,(H2,20,21,23). The van der Waals surface area contributed by atoms with Crippen LogP contribution in [-0.4, -0.2) is 39.9 Å². The van der Waals surface area contributed by atoms with Gasteiger partial charge in [0.1, 0.15) is 12.2 Å². The third kappa shape index (κ3) is 4.95. The van der Waals surface area contributed by atoms with Crippen molar-refractivity contribution in [3.63, 3.8) is 0 Å². The topological polar surface area (TPSA) is 67.1 Å². The molecule has 0 aromatic carbocycles. The van der Waals surface area contributed by atoms with E-state index in [2.05, 4.69) is 46.2 Å². The van der Waals surface area contributed by atoms with Crippen LogP contribution < -0.4 is 10.6 Å². The quantitative estimate of drug-likeness (QED) is 0.561. The van der Waals surface area contributed by atoms with Gasteiger partial charge >= 0.3 is 0 Å². The Bertz CT molecular complexity index is 564. The molecule has 1 aromatic rings. The first-order chi connectivity index (χ1) is 12.2. The summed E-state index contributed by atoms with van der Waals surface area (Å²) < 4.78 is 2.12. The van der Waals surface area contributed by atoms with Crippen molar-refractivity contribution in [2.45, 2.75) is 71.9 Å². The molecule has 3 unspecified atom stereocenters. The Morgan fingerprint density at radius 2 is 2.24 bits per heavy atom. The van der Waals surface area contributed by atoms with Crippen molar-refractivity contribution < 1.29 is 0 Å². The maximum Gasteiger partial charge on any atom is 0.191 e. The summed E-state index contributed by atoms with van der Waals surface area (Å²) in [6.45, 7) is 9.23. The van der Waals surface area contributed by atoms with Gasteiger partial charge in [0.05, 0.1) is 0 Å². The monoisotopic (exact) mass is 346 g/mol. The summed E-state index contributed by atoms with van der Waals surface area (Å²) in [4.78, 5) is 4.83. The first-order valence-electron chi connectivity index (χ1n) is 10.1. The highest BCUT2D eigenvalue weighted by molar-refractivity contribution is 5.80. The number of aromatic nitrogens is 3. The molecule has 140 valence electrons. The molecule has 2 bridgehead atoms. The predicted octanol–water partition coefficient (Wildman–Crippen LogP) is 2.61. The fraction of sp³-hybridized carbons (Fsp3) is 0.842. The second-order valence-electron chi connectivity index (χ2n) is 8.06. The lowest BCUT2D eigenvalue weighted by Gasteiger charge is -2.25. The van der Waals surface area contributed by atoms with Gasteiger partial charge in [-0.3, -0.25) is 4.99 Å². The Kier molecular flexibility index (Phi) is 6.32. The van der Waals surface area contributed by atoms with E-state index in [4.69, 9.17) is 4.99 Å². The third-order valence-electron chi connectivity index (χ3n) is 5.69. The number of aliphatic imine (C=N–C) groups is 1. The molecule has 2 aliphatic carbocycles. The van der Waals surface area contributed by atoms with E-state index in [0.717, 1.165) is 56.1 Å². The maximum absolute atomic E-state index is 4.83. The summed E-state index contributed by atoms with van der Waals surface area (Å²) >= 11 is 0. The van der Waals surface area contributed by atoms with Gasteiger partial charge < -0.3 is 15.2 Å². The van der Waals surface area contributed by atoms with E-state index in [0.29, 0.717) is 12.0 Å². The first kappa shape index (κ1) is 18.2. The van der Waals surface area contributed by atoms with E-state index in [9.17, 15) is 0 Å². The molecular formula is C19H34N6. The number of guanidine groups is 1. The third-order valence-corrected chi connectivity index (χ3v) is 5.69. The van der Waals surface area contributed by atoms with Crippen LogP contribution in [0.5, 0.6) is 0 Å². The van der Waals surface area contributed by atoms with E-state index in [1.54, 1.807) is 0 Å². The predicted molar refractivity (Wildman–Crippen MR) is 102 cm³/mol. The highest BCUT2D eigenvalue weighted by atomic mass is 15.3. The number of nitrogens with one attached hydrogen (secondary N) is 2. The van der Waals surface area contributed by atoms with Crippen molar-refractivity contribution in [3.8, 4) is 0 Å². The zero-order valence-electron chi connectivity index (χ0n) is 16.0. The van der Waals surface area contributed by atoms with Crippen LogP contribution in [0.25, 0.3) is 0 Å². The Morgan fingerprint density at radius 1 is 1.36 bits per heavy atom. The molecule has 3 rings (SSSR count). The number of nitrogens with zero attached hydrogens (tertiary/aromatic N) is 4. The fourth-order valence-electron chi connectivity index (χ4n) is 4.22. The number of hydrogen-bond donors (Lipinski definition) is 2. The molecule has 1 aromatic heterocycles. The van der Waals surface area contributed by atoms with Gasteiger partial charge in [-0.2, -0.15) is 0 Å². The Morgan fingerprint density at radius 3 is 2.92 bits per heavy atom. The molecule has 0 amide bonds. The number of hydrogen-bond acceptors (Lipinski definition) is 3. The molecule has 3 atom stereocenters. The maximum atomic E-state index is 4.83. The molecule has 6 heteroatoms. The van der Waals surface area contributed by atoms with Gasteiger partial charge in [-0.05, 0) is 43.4 Å². The number of fused-ring (bicyclic) bond motifs is 2. The fourth-order valence-corrected chi connectivity index (χ4v) is 4.22. The molecule has 0 saturated heterocycles. The summed E-state index contributed by atoms with van der Waals surface area (Å²) in [5, 5.41) is 15.4. The van der Waals surface area contributed by atoms with Crippen molar-refractivity contribution in [1.29, 1.82) is 0 Å². The molecule has 0 radical (unpaired) electrons. The molecule has 0 aliphatic heterocycles. The second-order valence-corrected chi connectivity index (χ2v) is 8.06. The van der Waals surface area contributed by atoms with Crippen LogP contribution in [0.4, 0.5) is 0 Å². The van der Waals surface area contributed by atoms with Crippen molar-refractivity contribution >= 4 is 5.96 Å². The lowest BCUT2D eigenvalue weighted by Crippen LogP contribution is -2.46. The Labute approximate surface area is 151 Å². The number of rotatable bonds is 8. The summed E-state index contributed by atoms with van der Waals surface area (Å²) in [6, 6.07) is 0.616. The summed E-state index contributed by atoms with van der Waals surface area (Å²) in [7, 11) is 0. The van der Waals surface area contributed by atoms with E-state index in [1.807, 2.05) is 6.33 Å². The largest absolute Gasteiger partial charge is 0.355 e. The average molecular weight is 347 g/mol.